The quantitative estimate of drug-likeness (QED) is 0.0630. The summed E-state index contributed by atoms with van der Waals surface area (Å²) in [4.78, 5) is 22.0. The number of hydrogen-bond acceptors (Lipinski definition) is 4. The Morgan fingerprint density at radius 2 is 1.55 bits per heavy atom. The van der Waals surface area contributed by atoms with Crippen LogP contribution < -0.4 is 4.40 Å². The number of nitrogens with zero attached hydrogens (tertiary/aromatic N) is 2. The Hall–Kier alpha value is -2.34. The molecule has 0 aliphatic heterocycles. The zero-order chi connectivity index (χ0) is 34.8. The van der Waals surface area contributed by atoms with Crippen molar-refractivity contribution in [3.05, 3.63) is 77.3 Å². The van der Waals surface area contributed by atoms with E-state index in [-0.39, 0.29) is 48.4 Å². The number of allylic oxidation sites excluding steroid dienone is 2. The molecule has 0 unspecified atom stereocenters. The number of carbonyl (C=O) groups is 1. The van der Waals surface area contributed by atoms with Crippen LogP contribution in [-0.4, -0.2) is 34.1 Å². The zero-order valence-electron chi connectivity index (χ0n) is 31.3. The molecule has 1 radical (unpaired) electrons. The average Bonchev–Trinajstić information content (AvgIpc) is 2.98. The van der Waals surface area contributed by atoms with Crippen LogP contribution in [0.1, 0.15) is 111 Å². The van der Waals surface area contributed by atoms with Gasteiger partial charge in [0.1, 0.15) is 5.76 Å². The summed E-state index contributed by atoms with van der Waals surface area (Å²) in [6, 6.07) is 19.2. The van der Waals surface area contributed by atoms with E-state index in [2.05, 4.69) is 100 Å². The zero-order valence-corrected chi connectivity index (χ0v) is 35.8. The van der Waals surface area contributed by atoms with Gasteiger partial charge in [-0.1, -0.05) is 55.4 Å². The standard InChI is InChI=1S/C28H33GeN2.C13H24O2.Ir/c1-17(2)20-9-11-21(12-10-20)26-24-14-13-22-16-23(29(6,7)8)15-19(5)25(22)27(24)31-28(30-26)18(3)4;1-7-13(6,8-2)11(15)9-10(14)12(3,4)5;/h9-11,13-18H,1-8H3;9,14H,7-8H2,1-6H3;/q-1;;/b;10-9-;. The average molecular weight is 875 g/mol. The molecule has 0 aliphatic rings. The van der Waals surface area contributed by atoms with E-state index in [1.807, 2.05) is 41.5 Å². The monoisotopic (exact) mass is 876 g/mol. The molecule has 257 valence electrons. The Balaban J connectivity index is 0.000000410. The summed E-state index contributed by atoms with van der Waals surface area (Å²) in [6.45, 7) is 22.6. The van der Waals surface area contributed by atoms with Gasteiger partial charge in [0.2, 0.25) is 0 Å². The summed E-state index contributed by atoms with van der Waals surface area (Å²) in [7, 11) is 0. The van der Waals surface area contributed by atoms with Crippen molar-refractivity contribution < 1.29 is 30.0 Å². The van der Waals surface area contributed by atoms with Crippen LogP contribution in [0.2, 0.25) is 17.3 Å². The second-order valence-corrected chi connectivity index (χ2v) is 26.4. The van der Waals surface area contributed by atoms with E-state index < -0.39 is 13.3 Å². The Morgan fingerprint density at radius 1 is 0.936 bits per heavy atom. The van der Waals surface area contributed by atoms with Gasteiger partial charge < -0.3 is 5.11 Å². The normalized spacial score (nSPS) is 12.7. The molecule has 0 spiro atoms. The molecule has 1 heterocycles. The van der Waals surface area contributed by atoms with Crippen LogP contribution in [-0.2, 0) is 24.9 Å². The summed E-state index contributed by atoms with van der Waals surface area (Å²) in [5.74, 6) is 9.21. The smallest absolute Gasteiger partial charge is 0 e. The summed E-state index contributed by atoms with van der Waals surface area (Å²) >= 11 is -1.92. The minimum atomic E-state index is -1.92. The number of benzene rings is 3. The minimum absolute atomic E-state index is 0. The van der Waals surface area contributed by atoms with Crippen LogP contribution in [0.5, 0.6) is 0 Å². The molecule has 4 aromatic rings. The van der Waals surface area contributed by atoms with Gasteiger partial charge in [-0.15, -0.1) is 0 Å². The fourth-order valence-corrected chi connectivity index (χ4v) is 7.83. The van der Waals surface area contributed by atoms with Gasteiger partial charge in [0, 0.05) is 37.0 Å². The third-order valence-corrected chi connectivity index (χ3v) is 13.6. The number of carbonyl (C=O) groups excluding carboxylic acids is 1. The molecule has 1 N–H and O–H groups in total. The molecule has 47 heavy (non-hydrogen) atoms. The van der Waals surface area contributed by atoms with Crippen LogP contribution in [0.4, 0.5) is 0 Å². The third-order valence-electron chi connectivity index (χ3n) is 9.33. The van der Waals surface area contributed by atoms with Crippen LogP contribution in [0, 0.1) is 23.8 Å². The molecule has 0 amide bonds. The molecule has 0 saturated heterocycles. The summed E-state index contributed by atoms with van der Waals surface area (Å²) in [6.07, 6.45) is 3.00. The molecule has 0 saturated carbocycles. The van der Waals surface area contributed by atoms with E-state index in [4.69, 9.17) is 9.97 Å². The van der Waals surface area contributed by atoms with Crippen molar-refractivity contribution in [3.63, 3.8) is 0 Å². The second kappa shape index (κ2) is 15.9. The van der Waals surface area contributed by atoms with E-state index in [0.717, 1.165) is 40.8 Å². The van der Waals surface area contributed by atoms with Crippen molar-refractivity contribution in [1.29, 1.82) is 0 Å². The first-order chi connectivity index (χ1) is 21.2. The summed E-state index contributed by atoms with van der Waals surface area (Å²) in [5, 5.41) is 13.4. The van der Waals surface area contributed by atoms with Gasteiger partial charge in [0.25, 0.3) is 0 Å². The second-order valence-electron chi connectivity index (χ2n) is 15.8. The number of aromatic nitrogens is 2. The Bertz CT molecular complexity index is 1720. The fraction of sp³-hybridized carbons (Fsp3) is 0.488. The first kappa shape index (κ1) is 40.8. The number of aliphatic hydroxyl groups is 1. The molecular weight excluding hydrogens is 817 g/mol. The van der Waals surface area contributed by atoms with Gasteiger partial charge >= 0.3 is 176 Å². The minimum Gasteiger partial charge on any atom is 0 e. The van der Waals surface area contributed by atoms with E-state index in [1.54, 1.807) is 4.40 Å². The van der Waals surface area contributed by atoms with Gasteiger partial charge in [-0.2, -0.15) is 0 Å². The van der Waals surface area contributed by atoms with E-state index >= 15 is 0 Å². The summed E-state index contributed by atoms with van der Waals surface area (Å²) in [5.41, 5.74) is 5.03. The van der Waals surface area contributed by atoms with Crippen LogP contribution >= 0.6 is 0 Å². The molecule has 0 bridgehead atoms. The van der Waals surface area contributed by atoms with E-state index in [9.17, 15) is 9.90 Å². The third kappa shape index (κ3) is 9.64. The van der Waals surface area contributed by atoms with Gasteiger partial charge in [0.15, 0.2) is 5.78 Å². The van der Waals surface area contributed by atoms with Gasteiger partial charge in [-0.25, -0.2) is 0 Å². The Morgan fingerprint density at radius 3 is 2.02 bits per heavy atom. The maximum atomic E-state index is 11.9. The van der Waals surface area contributed by atoms with Crippen LogP contribution in [0.15, 0.2) is 54.3 Å². The van der Waals surface area contributed by atoms with Crippen LogP contribution in [0.3, 0.4) is 0 Å². The number of aliphatic hydroxyl groups excluding tert-OH is 1. The number of ketones is 1. The van der Waals surface area contributed by atoms with Crippen molar-refractivity contribution in [2.75, 3.05) is 0 Å². The first-order valence-corrected chi connectivity index (χ1v) is 24.3. The topological polar surface area (TPSA) is 63.1 Å². The Kier molecular flexibility index (Phi) is 13.8. The number of fused-ring (bicyclic) bond motifs is 3. The molecule has 6 heteroatoms. The summed E-state index contributed by atoms with van der Waals surface area (Å²) < 4.78 is 1.54. The van der Waals surface area contributed by atoms with Gasteiger partial charge in [-0.3, -0.25) is 4.79 Å². The van der Waals surface area contributed by atoms with Crippen molar-refractivity contribution in [2.45, 2.75) is 118 Å². The number of hydrogen-bond donors (Lipinski definition) is 1. The SMILES string of the molecule is CCC(C)(CC)C(=O)/C=C(\O)C(C)(C)C.Cc1c[c]([Ge]([CH3])([CH3])[CH3])cc2ccc3c(-c4[c-]cc(C(C)C)cc4)nc(C(C)C)nc3c12.[Ir]. The van der Waals surface area contributed by atoms with Crippen molar-refractivity contribution in [3.8, 4) is 11.3 Å². The van der Waals surface area contributed by atoms with Gasteiger partial charge in [0.05, 0.1) is 0 Å². The molecule has 0 atom stereocenters. The van der Waals surface area contributed by atoms with Crippen molar-refractivity contribution in [1.82, 2.24) is 9.97 Å². The van der Waals surface area contributed by atoms with Crippen molar-refractivity contribution in [2.24, 2.45) is 10.8 Å². The van der Waals surface area contributed by atoms with E-state index in [1.165, 1.54) is 28.0 Å². The predicted octanol–water partition coefficient (Wildman–Crippen LogP) is 11.2. The van der Waals surface area contributed by atoms with Crippen molar-refractivity contribution >= 4 is 45.1 Å². The van der Waals surface area contributed by atoms with Crippen LogP contribution in [0.25, 0.3) is 32.9 Å². The largest absolute Gasteiger partial charge is 0 e. The number of aryl methyl sites for hydroxylation is 1. The van der Waals surface area contributed by atoms with E-state index in [0.29, 0.717) is 5.92 Å². The molecule has 1 aromatic heterocycles. The fourth-order valence-electron chi connectivity index (χ4n) is 5.23. The first-order valence-electron chi connectivity index (χ1n) is 17.0. The molecule has 4 rings (SSSR count). The molecule has 3 aromatic carbocycles. The maximum Gasteiger partial charge on any atom is 0 e. The maximum absolute atomic E-state index is 11.9. The molecule has 4 nitrogen and oxygen atoms in total. The number of rotatable bonds is 8. The predicted molar refractivity (Wildman–Crippen MR) is 201 cm³/mol. The molecule has 0 aliphatic carbocycles. The molecule has 0 fully saturated rings. The Labute approximate surface area is 301 Å². The van der Waals surface area contributed by atoms with Gasteiger partial charge in [-0.05, 0) is 12.8 Å². The molecular formula is C41H57GeIrN2O2-.